The zero-order valence-electron chi connectivity index (χ0n) is 10.6. The lowest BCUT2D eigenvalue weighted by Crippen LogP contribution is -2.03. The van der Waals surface area contributed by atoms with E-state index in [1.54, 1.807) is 14.2 Å². The highest BCUT2D eigenvalue weighted by Crippen LogP contribution is 2.46. The van der Waals surface area contributed by atoms with Gasteiger partial charge in [0.15, 0.2) is 0 Å². The molecule has 3 rings (SSSR count). The Morgan fingerprint density at radius 2 is 1.72 bits per heavy atom. The molecule has 0 saturated heterocycles. The van der Waals surface area contributed by atoms with Crippen LogP contribution in [-0.2, 0) is 16.1 Å². The van der Waals surface area contributed by atoms with Gasteiger partial charge < -0.3 is 9.47 Å². The molecule has 0 bridgehead atoms. The van der Waals surface area contributed by atoms with Crippen molar-refractivity contribution in [2.24, 2.45) is 0 Å². The van der Waals surface area contributed by atoms with Crippen molar-refractivity contribution in [3.05, 3.63) is 59.2 Å². The predicted molar refractivity (Wildman–Crippen MR) is 71.4 cm³/mol. The zero-order valence-corrected chi connectivity index (χ0v) is 10.6. The quantitative estimate of drug-likeness (QED) is 0.816. The molecular weight excluding hydrogens is 224 g/mol. The zero-order chi connectivity index (χ0) is 12.5. The minimum atomic E-state index is 0.0301. The van der Waals surface area contributed by atoms with Crippen LogP contribution in [0.25, 0.3) is 11.1 Å². The first kappa shape index (κ1) is 11.5. The van der Waals surface area contributed by atoms with Gasteiger partial charge in [0, 0.05) is 14.2 Å². The molecule has 1 aliphatic carbocycles. The summed E-state index contributed by atoms with van der Waals surface area (Å²) in [6, 6.07) is 14.8. The highest BCUT2D eigenvalue weighted by atomic mass is 16.5. The topological polar surface area (TPSA) is 18.5 Å². The van der Waals surface area contributed by atoms with Gasteiger partial charge >= 0.3 is 0 Å². The predicted octanol–water partition coefficient (Wildman–Crippen LogP) is 3.55. The number of fused-ring (bicyclic) bond motifs is 3. The van der Waals surface area contributed by atoms with Crippen LogP contribution in [0, 0.1) is 0 Å². The maximum Gasteiger partial charge on any atom is 0.109 e. The number of hydrogen-bond acceptors (Lipinski definition) is 2. The summed E-state index contributed by atoms with van der Waals surface area (Å²) in [5.74, 6) is 0. The number of ether oxygens (including phenoxy) is 2. The second kappa shape index (κ2) is 4.56. The Hall–Kier alpha value is -1.64. The Balaban J connectivity index is 2.23. The molecule has 0 amide bonds. The molecule has 2 aromatic rings. The van der Waals surface area contributed by atoms with Gasteiger partial charge in [-0.05, 0) is 27.8 Å². The number of hydrogen-bond donors (Lipinski definition) is 0. The van der Waals surface area contributed by atoms with Crippen molar-refractivity contribution in [1.29, 1.82) is 0 Å². The van der Waals surface area contributed by atoms with E-state index in [9.17, 15) is 0 Å². The maximum absolute atomic E-state index is 5.70. The summed E-state index contributed by atoms with van der Waals surface area (Å²) in [5.41, 5.74) is 6.25. The third-order valence-corrected chi connectivity index (χ3v) is 3.53. The smallest absolute Gasteiger partial charge is 0.109 e. The van der Waals surface area contributed by atoms with Gasteiger partial charge in [0.05, 0.1) is 6.61 Å². The van der Waals surface area contributed by atoms with Crippen molar-refractivity contribution < 1.29 is 9.47 Å². The van der Waals surface area contributed by atoms with Crippen LogP contribution in [0.5, 0.6) is 0 Å². The van der Waals surface area contributed by atoms with Gasteiger partial charge in [0.2, 0.25) is 0 Å². The molecule has 1 unspecified atom stereocenters. The van der Waals surface area contributed by atoms with E-state index in [0.29, 0.717) is 6.61 Å². The lowest BCUT2D eigenvalue weighted by atomic mass is 10.0. The van der Waals surface area contributed by atoms with Crippen LogP contribution in [-0.4, -0.2) is 14.2 Å². The van der Waals surface area contributed by atoms with E-state index in [4.69, 9.17) is 9.47 Å². The van der Waals surface area contributed by atoms with Crippen LogP contribution in [0.4, 0.5) is 0 Å². The van der Waals surface area contributed by atoms with E-state index in [1.165, 1.54) is 27.8 Å². The summed E-state index contributed by atoms with van der Waals surface area (Å²) in [4.78, 5) is 0. The van der Waals surface area contributed by atoms with Gasteiger partial charge in [-0.1, -0.05) is 42.5 Å². The average molecular weight is 240 g/mol. The molecule has 0 fully saturated rings. The van der Waals surface area contributed by atoms with Gasteiger partial charge in [-0.15, -0.1) is 0 Å². The van der Waals surface area contributed by atoms with Crippen LogP contribution >= 0.6 is 0 Å². The summed E-state index contributed by atoms with van der Waals surface area (Å²) in [5, 5.41) is 0. The van der Waals surface area contributed by atoms with Gasteiger partial charge in [-0.25, -0.2) is 0 Å². The molecule has 2 heteroatoms. The molecule has 92 valence electrons. The molecule has 0 heterocycles. The lowest BCUT2D eigenvalue weighted by Gasteiger charge is -2.15. The summed E-state index contributed by atoms with van der Waals surface area (Å²) in [6.45, 7) is 0.622. The third-order valence-electron chi connectivity index (χ3n) is 3.53. The lowest BCUT2D eigenvalue weighted by molar-refractivity contribution is 0.134. The molecule has 2 nitrogen and oxygen atoms in total. The Kier molecular flexibility index (Phi) is 2.90. The highest BCUT2D eigenvalue weighted by Gasteiger charge is 2.30. The molecule has 1 atom stereocenters. The van der Waals surface area contributed by atoms with Gasteiger partial charge in [0.25, 0.3) is 0 Å². The average Bonchev–Trinajstić information content (AvgIpc) is 2.74. The second-order valence-corrected chi connectivity index (χ2v) is 4.51. The van der Waals surface area contributed by atoms with E-state index in [-0.39, 0.29) is 6.10 Å². The Morgan fingerprint density at radius 1 is 0.944 bits per heavy atom. The number of benzene rings is 2. The van der Waals surface area contributed by atoms with E-state index in [1.807, 2.05) is 0 Å². The largest absolute Gasteiger partial charge is 0.380 e. The summed E-state index contributed by atoms with van der Waals surface area (Å²) >= 11 is 0. The Bertz CT molecular complexity index is 575. The van der Waals surface area contributed by atoms with Gasteiger partial charge in [-0.2, -0.15) is 0 Å². The van der Waals surface area contributed by atoms with E-state index in [0.717, 1.165) is 0 Å². The van der Waals surface area contributed by atoms with Crippen LogP contribution in [0.15, 0.2) is 42.5 Å². The van der Waals surface area contributed by atoms with Crippen LogP contribution in [0.1, 0.15) is 22.8 Å². The monoisotopic (exact) mass is 240 g/mol. The molecule has 0 aromatic heterocycles. The molecule has 0 saturated carbocycles. The van der Waals surface area contributed by atoms with E-state index < -0.39 is 0 Å². The van der Waals surface area contributed by atoms with E-state index in [2.05, 4.69) is 42.5 Å². The van der Waals surface area contributed by atoms with Crippen LogP contribution in [0.3, 0.4) is 0 Å². The fraction of sp³-hybridized carbons (Fsp3) is 0.250. The fourth-order valence-electron chi connectivity index (χ4n) is 2.81. The molecule has 0 radical (unpaired) electrons. The Morgan fingerprint density at radius 3 is 2.50 bits per heavy atom. The SMILES string of the molecule is COCc1cccc2c1C(OC)c1ccccc1-2. The molecule has 0 N–H and O–H groups in total. The number of rotatable bonds is 3. The minimum absolute atomic E-state index is 0.0301. The van der Waals surface area contributed by atoms with Crippen LogP contribution < -0.4 is 0 Å². The molecule has 0 spiro atoms. The molecular formula is C16H16O2. The summed E-state index contributed by atoms with van der Waals surface area (Å²) in [7, 11) is 3.49. The maximum atomic E-state index is 5.70. The molecule has 0 aliphatic heterocycles. The van der Waals surface area contributed by atoms with E-state index >= 15 is 0 Å². The minimum Gasteiger partial charge on any atom is -0.380 e. The normalized spacial score (nSPS) is 16.4. The number of methoxy groups -OCH3 is 2. The summed E-state index contributed by atoms with van der Waals surface area (Å²) < 4.78 is 11.0. The van der Waals surface area contributed by atoms with Crippen LogP contribution in [0.2, 0.25) is 0 Å². The molecule has 1 aliphatic rings. The third kappa shape index (κ3) is 1.57. The van der Waals surface area contributed by atoms with Crippen molar-refractivity contribution in [1.82, 2.24) is 0 Å². The first-order chi connectivity index (χ1) is 8.86. The Labute approximate surface area is 107 Å². The van der Waals surface area contributed by atoms with Crippen molar-refractivity contribution in [2.75, 3.05) is 14.2 Å². The van der Waals surface area contributed by atoms with Crippen molar-refractivity contribution in [3.8, 4) is 11.1 Å². The standard InChI is InChI=1S/C16H16O2/c1-17-10-11-6-5-9-13-12-7-3-4-8-14(12)16(18-2)15(11)13/h3-9,16H,10H2,1-2H3. The first-order valence-electron chi connectivity index (χ1n) is 6.09. The molecule has 2 aromatic carbocycles. The first-order valence-corrected chi connectivity index (χ1v) is 6.09. The van der Waals surface area contributed by atoms with Gasteiger partial charge in [0.1, 0.15) is 6.10 Å². The second-order valence-electron chi connectivity index (χ2n) is 4.51. The van der Waals surface area contributed by atoms with Crippen molar-refractivity contribution in [2.45, 2.75) is 12.7 Å². The fourth-order valence-corrected chi connectivity index (χ4v) is 2.81. The van der Waals surface area contributed by atoms with Crippen molar-refractivity contribution in [3.63, 3.8) is 0 Å². The highest BCUT2D eigenvalue weighted by molar-refractivity contribution is 5.79. The van der Waals surface area contributed by atoms with Crippen molar-refractivity contribution >= 4 is 0 Å². The van der Waals surface area contributed by atoms with Gasteiger partial charge in [-0.3, -0.25) is 0 Å². The summed E-state index contributed by atoms with van der Waals surface area (Å²) in [6.07, 6.45) is 0.0301. The molecule has 18 heavy (non-hydrogen) atoms.